The van der Waals surface area contributed by atoms with Gasteiger partial charge in [-0.25, -0.2) is 4.68 Å². The minimum Gasteiger partial charge on any atom is -0.324 e. The number of allylic oxidation sites excluding steroid dienone is 1. The van der Waals surface area contributed by atoms with Crippen molar-refractivity contribution >= 4 is 43.5 Å². The second kappa shape index (κ2) is 5.94. The van der Waals surface area contributed by atoms with E-state index in [9.17, 15) is 0 Å². The van der Waals surface area contributed by atoms with E-state index in [-0.39, 0.29) is 6.04 Å². The predicted molar refractivity (Wildman–Crippen MR) is 98.0 cm³/mol. The third kappa shape index (κ3) is 2.84. The fraction of sp³-hybridized carbons (Fsp3) is 0.0588. The van der Waals surface area contributed by atoms with Crippen molar-refractivity contribution in [2.24, 2.45) is 0 Å². The van der Waals surface area contributed by atoms with E-state index in [0.717, 1.165) is 31.7 Å². The molecule has 1 aliphatic heterocycles. The van der Waals surface area contributed by atoms with E-state index in [1.807, 2.05) is 28.9 Å². The van der Waals surface area contributed by atoms with Gasteiger partial charge in [0.15, 0.2) is 0 Å². The molecule has 0 saturated carbocycles. The maximum absolute atomic E-state index is 4.36. The van der Waals surface area contributed by atoms with Gasteiger partial charge in [-0.1, -0.05) is 56.1 Å². The van der Waals surface area contributed by atoms with Gasteiger partial charge in [-0.05, 0) is 41.5 Å². The summed E-state index contributed by atoms with van der Waals surface area (Å²) < 4.78 is 4.00. The molecule has 0 aliphatic carbocycles. The summed E-state index contributed by atoms with van der Waals surface area (Å²) in [6.45, 7) is 0. The lowest BCUT2D eigenvalue weighted by Gasteiger charge is -2.24. The Morgan fingerprint density at radius 2 is 1.83 bits per heavy atom. The molecule has 3 aromatic rings. The van der Waals surface area contributed by atoms with Gasteiger partial charge in [0.05, 0.1) is 0 Å². The largest absolute Gasteiger partial charge is 0.324 e. The highest BCUT2D eigenvalue weighted by molar-refractivity contribution is 9.10. The van der Waals surface area contributed by atoms with E-state index < -0.39 is 0 Å². The number of nitrogens with one attached hydrogen (secondary N) is 1. The molecule has 6 heteroatoms. The normalized spacial score (nSPS) is 16.4. The first-order valence-corrected chi connectivity index (χ1v) is 8.69. The van der Waals surface area contributed by atoms with Gasteiger partial charge in [-0.3, -0.25) is 0 Å². The summed E-state index contributed by atoms with van der Waals surface area (Å²) >= 11 is 7.01. The lowest BCUT2D eigenvalue weighted by atomic mass is 10.0. The average Bonchev–Trinajstić information content (AvgIpc) is 3.03. The quantitative estimate of drug-likeness (QED) is 0.630. The highest BCUT2D eigenvalue weighted by Crippen LogP contribution is 2.32. The minimum absolute atomic E-state index is 0.0100. The van der Waals surface area contributed by atoms with E-state index in [0.29, 0.717) is 0 Å². The van der Waals surface area contributed by atoms with Gasteiger partial charge in [-0.15, -0.1) is 0 Å². The third-order valence-corrected chi connectivity index (χ3v) is 4.78. The van der Waals surface area contributed by atoms with Crippen LogP contribution in [0.4, 0.5) is 5.95 Å². The molecule has 0 fully saturated rings. The van der Waals surface area contributed by atoms with E-state index in [2.05, 4.69) is 77.6 Å². The van der Waals surface area contributed by atoms with Gasteiger partial charge in [0.1, 0.15) is 12.4 Å². The van der Waals surface area contributed by atoms with Crippen molar-refractivity contribution in [1.29, 1.82) is 0 Å². The minimum atomic E-state index is 0.0100. The molecule has 0 saturated heterocycles. The van der Waals surface area contributed by atoms with Crippen LogP contribution in [0, 0.1) is 0 Å². The summed E-state index contributed by atoms with van der Waals surface area (Å²) in [5, 5.41) is 7.71. The Labute approximate surface area is 150 Å². The fourth-order valence-electron chi connectivity index (χ4n) is 2.66. The van der Waals surface area contributed by atoms with Crippen LogP contribution >= 0.6 is 31.9 Å². The first kappa shape index (κ1) is 14.7. The molecule has 1 unspecified atom stereocenters. The number of benzene rings is 2. The molecule has 0 spiro atoms. The standard InChI is InChI=1S/C17H12Br2N4/c18-13-6-4-11(5-7-13)16-9-15(12-2-1-3-14(19)8-12)22-17-20-10-21-23(16)17/h1-10,16H,(H,20,21,22). The summed E-state index contributed by atoms with van der Waals surface area (Å²) in [6.07, 6.45) is 3.75. The number of rotatable bonds is 2. The Hall–Kier alpha value is -1.92. The third-order valence-electron chi connectivity index (χ3n) is 3.75. The molecule has 2 heterocycles. The number of nitrogens with zero attached hydrogens (tertiary/aromatic N) is 3. The molecule has 0 bridgehead atoms. The maximum Gasteiger partial charge on any atom is 0.226 e. The fourth-order valence-corrected chi connectivity index (χ4v) is 3.32. The zero-order valence-electron chi connectivity index (χ0n) is 11.9. The average molecular weight is 432 g/mol. The molecule has 4 nitrogen and oxygen atoms in total. The summed E-state index contributed by atoms with van der Waals surface area (Å²) in [4.78, 5) is 4.33. The number of hydrogen-bond donors (Lipinski definition) is 1. The van der Waals surface area contributed by atoms with E-state index in [1.165, 1.54) is 0 Å². The molecule has 1 aromatic heterocycles. The first-order chi connectivity index (χ1) is 11.2. The smallest absolute Gasteiger partial charge is 0.226 e. The Kier molecular flexibility index (Phi) is 3.79. The summed E-state index contributed by atoms with van der Waals surface area (Å²) in [5.41, 5.74) is 3.30. The summed E-state index contributed by atoms with van der Waals surface area (Å²) in [7, 11) is 0. The molecule has 4 rings (SSSR count). The summed E-state index contributed by atoms with van der Waals surface area (Å²) in [6, 6.07) is 16.5. The molecular formula is C17H12Br2N4. The molecule has 1 aliphatic rings. The van der Waals surface area contributed by atoms with Gasteiger partial charge in [0.25, 0.3) is 0 Å². The Bertz CT molecular complexity index is 884. The van der Waals surface area contributed by atoms with Gasteiger partial charge in [0, 0.05) is 14.6 Å². The van der Waals surface area contributed by atoms with E-state index in [1.54, 1.807) is 6.33 Å². The Morgan fingerprint density at radius 1 is 1.00 bits per heavy atom. The monoisotopic (exact) mass is 430 g/mol. The zero-order valence-corrected chi connectivity index (χ0v) is 15.1. The zero-order chi connectivity index (χ0) is 15.8. The van der Waals surface area contributed by atoms with E-state index in [4.69, 9.17) is 0 Å². The van der Waals surface area contributed by atoms with Gasteiger partial charge in [0.2, 0.25) is 5.95 Å². The van der Waals surface area contributed by atoms with Crippen LogP contribution < -0.4 is 5.32 Å². The predicted octanol–water partition coefficient (Wildman–Crippen LogP) is 4.86. The second-order valence-corrected chi connectivity index (χ2v) is 7.07. The SMILES string of the molecule is Brc1ccc(C2C=C(c3cccc(Br)c3)Nc3ncnn32)cc1. The van der Waals surface area contributed by atoms with Crippen LogP contribution in [0.15, 0.2) is 69.9 Å². The Morgan fingerprint density at radius 3 is 2.61 bits per heavy atom. The van der Waals surface area contributed by atoms with Crippen LogP contribution in [0.1, 0.15) is 17.2 Å². The first-order valence-electron chi connectivity index (χ1n) is 7.10. The molecule has 1 atom stereocenters. The highest BCUT2D eigenvalue weighted by atomic mass is 79.9. The molecule has 2 aromatic carbocycles. The van der Waals surface area contributed by atoms with Gasteiger partial charge in [-0.2, -0.15) is 10.1 Å². The number of fused-ring (bicyclic) bond motifs is 1. The molecule has 114 valence electrons. The maximum atomic E-state index is 4.36. The summed E-state index contributed by atoms with van der Waals surface area (Å²) in [5.74, 6) is 0.746. The van der Waals surface area contributed by atoms with Crippen LogP contribution in [0.5, 0.6) is 0 Å². The lowest BCUT2D eigenvalue weighted by Crippen LogP contribution is -2.20. The van der Waals surface area contributed by atoms with Crippen LogP contribution in [0.3, 0.4) is 0 Å². The van der Waals surface area contributed by atoms with Crippen LogP contribution in [0.25, 0.3) is 5.70 Å². The highest BCUT2D eigenvalue weighted by Gasteiger charge is 2.23. The van der Waals surface area contributed by atoms with Crippen LogP contribution in [-0.4, -0.2) is 14.8 Å². The molecule has 1 N–H and O–H groups in total. The molecular weight excluding hydrogens is 420 g/mol. The second-order valence-electron chi connectivity index (χ2n) is 5.24. The topological polar surface area (TPSA) is 42.7 Å². The molecule has 0 radical (unpaired) electrons. The van der Waals surface area contributed by atoms with Crippen molar-refractivity contribution in [2.45, 2.75) is 6.04 Å². The van der Waals surface area contributed by atoms with Crippen LogP contribution in [0.2, 0.25) is 0 Å². The number of anilines is 1. The number of halogens is 2. The van der Waals surface area contributed by atoms with Crippen LogP contribution in [-0.2, 0) is 0 Å². The van der Waals surface area contributed by atoms with Crippen molar-refractivity contribution in [3.63, 3.8) is 0 Å². The van der Waals surface area contributed by atoms with Gasteiger partial charge < -0.3 is 5.32 Å². The molecule has 23 heavy (non-hydrogen) atoms. The number of hydrogen-bond acceptors (Lipinski definition) is 3. The van der Waals surface area contributed by atoms with E-state index >= 15 is 0 Å². The van der Waals surface area contributed by atoms with Crippen molar-refractivity contribution < 1.29 is 0 Å². The molecule has 0 amide bonds. The Balaban J connectivity index is 1.81. The lowest BCUT2D eigenvalue weighted by molar-refractivity contribution is 0.612. The van der Waals surface area contributed by atoms with Crippen molar-refractivity contribution in [1.82, 2.24) is 14.8 Å². The van der Waals surface area contributed by atoms with Gasteiger partial charge >= 0.3 is 0 Å². The van der Waals surface area contributed by atoms with Crippen molar-refractivity contribution in [3.8, 4) is 0 Å². The van der Waals surface area contributed by atoms with Crippen molar-refractivity contribution in [2.75, 3.05) is 5.32 Å². The number of aromatic nitrogens is 3. The van der Waals surface area contributed by atoms with Crippen molar-refractivity contribution in [3.05, 3.63) is 81.0 Å².